The Kier molecular flexibility index (Phi) is 6.11. The average molecular weight is 440 g/mol. The van der Waals surface area contributed by atoms with E-state index in [1.54, 1.807) is 7.11 Å². The van der Waals surface area contributed by atoms with Gasteiger partial charge in [0.15, 0.2) is 0 Å². The van der Waals surface area contributed by atoms with Crippen LogP contribution < -0.4 is 9.64 Å². The fourth-order valence-electron chi connectivity index (χ4n) is 4.89. The van der Waals surface area contributed by atoms with Gasteiger partial charge < -0.3 is 4.74 Å². The number of benzene rings is 3. The van der Waals surface area contributed by atoms with Crippen LogP contribution in [-0.2, 0) is 5.41 Å². The molecule has 0 fully saturated rings. The van der Waals surface area contributed by atoms with E-state index in [1.807, 2.05) is 59.5 Å². The fourth-order valence-corrected chi connectivity index (χ4v) is 4.89. The van der Waals surface area contributed by atoms with E-state index in [0.717, 1.165) is 41.2 Å². The average Bonchev–Trinajstić information content (AvgIpc) is 2.88. The summed E-state index contributed by atoms with van der Waals surface area (Å²) in [6.45, 7) is 9.04. The lowest BCUT2D eigenvalue weighted by Crippen LogP contribution is -2.53. The van der Waals surface area contributed by atoms with Crippen molar-refractivity contribution < 1.29 is 4.74 Å². The Balaban J connectivity index is 1.97. The van der Waals surface area contributed by atoms with Gasteiger partial charge in [-0.2, -0.15) is 0 Å². The summed E-state index contributed by atoms with van der Waals surface area (Å²) in [4.78, 5) is 7.42. The zero-order valence-electron chi connectivity index (χ0n) is 20.2. The molecule has 170 valence electrons. The third-order valence-electron chi connectivity index (χ3n) is 7.51. The number of anilines is 1. The molecular weight excluding hydrogens is 406 g/mol. The summed E-state index contributed by atoms with van der Waals surface area (Å²) in [5, 5.41) is 9.24. The number of ether oxygens (including phenoxy) is 1. The van der Waals surface area contributed by atoms with Crippen molar-refractivity contribution in [3.05, 3.63) is 95.6 Å². The Bertz CT molecular complexity index is 1170. The molecule has 3 aromatic carbocycles. The number of nitrogens with zero attached hydrogens (tertiary/aromatic N) is 2. The quantitative estimate of drug-likeness (QED) is 0.350. The molecule has 4 nitrogen and oxygen atoms in total. The van der Waals surface area contributed by atoms with Crippen molar-refractivity contribution in [3.8, 4) is 5.75 Å². The van der Waals surface area contributed by atoms with E-state index in [4.69, 9.17) is 9.73 Å². The monoisotopic (exact) mass is 439 g/mol. The third kappa shape index (κ3) is 3.74. The molecule has 0 aromatic heterocycles. The first-order valence-electron chi connectivity index (χ1n) is 11.7. The second-order valence-corrected chi connectivity index (χ2v) is 9.04. The molecule has 1 N–H and O–H groups in total. The maximum Gasteiger partial charge on any atom is 0.142 e. The predicted octanol–water partition coefficient (Wildman–Crippen LogP) is 6.82. The van der Waals surface area contributed by atoms with Gasteiger partial charge in [-0.1, -0.05) is 75.4 Å². The van der Waals surface area contributed by atoms with Crippen molar-refractivity contribution in [3.63, 3.8) is 0 Å². The molecule has 0 aliphatic carbocycles. The zero-order chi connectivity index (χ0) is 23.6. The van der Waals surface area contributed by atoms with Crippen LogP contribution in [0.15, 0.2) is 83.9 Å². The van der Waals surface area contributed by atoms with Crippen LogP contribution in [0.1, 0.15) is 57.2 Å². The highest BCUT2D eigenvalue weighted by molar-refractivity contribution is 6.29. The molecule has 1 unspecified atom stereocenters. The van der Waals surface area contributed by atoms with Gasteiger partial charge in [0.2, 0.25) is 0 Å². The summed E-state index contributed by atoms with van der Waals surface area (Å²) in [7, 11) is 1.67. The number of hydrogen-bond donors (Lipinski definition) is 1. The lowest BCUT2D eigenvalue weighted by atomic mass is 9.62. The van der Waals surface area contributed by atoms with Gasteiger partial charge in [0, 0.05) is 22.2 Å². The molecule has 1 aliphatic rings. The third-order valence-corrected chi connectivity index (χ3v) is 7.51. The van der Waals surface area contributed by atoms with Crippen LogP contribution >= 0.6 is 0 Å². The van der Waals surface area contributed by atoms with Crippen LogP contribution in [0.5, 0.6) is 5.75 Å². The van der Waals surface area contributed by atoms with Crippen LogP contribution in [0.4, 0.5) is 5.69 Å². The highest BCUT2D eigenvalue weighted by atomic mass is 16.5. The highest BCUT2D eigenvalue weighted by Crippen LogP contribution is 2.48. The Hall–Kier alpha value is -3.40. The smallest absolute Gasteiger partial charge is 0.142 e. The normalized spacial score (nSPS) is 21.7. The number of rotatable bonds is 5. The number of amidine groups is 2. The van der Waals surface area contributed by atoms with E-state index in [2.05, 4.69) is 52.0 Å². The van der Waals surface area contributed by atoms with Crippen molar-refractivity contribution in [2.45, 2.75) is 51.5 Å². The predicted molar refractivity (Wildman–Crippen MR) is 138 cm³/mol. The van der Waals surface area contributed by atoms with Gasteiger partial charge in [0.05, 0.1) is 12.6 Å². The van der Waals surface area contributed by atoms with Crippen molar-refractivity contribution in [2.75, 3.05) is 12.0 Å². The fraction of sp³-hybridized carbons (Fsp3) is 0.310. The van der Waals surface area contributed by atoms with Gasteiger partial charge in [0.25, 0.3) is 0 Å². The second kappa shape index (κ2) is 8.86. The molecule has 1 aliphatic heterocycles. The number of nitrogens with one attached hydrogen (secondary N) is 1. The summed E-state index contributed by atoms with van der Waals surface area (Å²) in [5.41, 5.74) is 3.72. The molecule has 0 radical (unpaired) electrons. The minimum atomic E-state index is -0.298. The summed E-state index contributed by atoms with van der Waals surface area (Å²) >= 11 is 0. The van der Waals surface area contributed by atoms with Gasteiger partial charge >= 0.3 is 0 Å². The summed E-state index contributed by atoms with van der Waals surface area (Å²) in [6.07, 6.45) is 1.90. The minimum absolute atomic E-state index is 0.0949. The van der Waals surface area contributed by atoms with Crippen LogP contribution in [0, 0.1) is 5.41 Å². The molecule has 4 heteroatoms. The largest absolute Gasteiger partial charge is 0.497 e. The van der Waals surface area contributed by atoms with Gasteiger partial charge in [-0.15, -0.1) is 0 Å². The second-order valence-electron chi connectivity index (χ2n) is 9.04. The Labute approximate surface area is 197 Å². The SMILES string of the molecule is CCC1(C)c2ccccc2C(N(C(=N)c2ccccc2)c2ccc(OC)cc2)=N[C@]1(C)CC. The van der Waals surface area contributed by atoms with Crippen LogP contribution in [0.2, 0.25) is 0 Å². The molecule has 0 saturated carbocycles. The van der Waals surface area contributed by atoms with E-state index in [0.29, 0.717) is 5.84 Å². The van der Waals surface area contributed by atoms with Gasteiger partial charge in [-0.3, -0.25) is 15.3 Å². The molecule has 0 bridgehead atoms. The Morgan fingerprint density at radius 3 is 2.12 bits per heavy atom. The molecule has 3 aromatic rings. The van der Waals surface area contributed by atoms with E-state index in [-0.39, 0.29) is 11.0 Å². The maximum atomic E-state index is 9.24. The minimum Gasteiger partial charge on any atom is -0.497 e. The van der Waals surface area contributed by atoms with Gasteiger partial charge in [0.1, 0.15) is 17.4 Å². The lowest BCUT2D eigenvalue weighted by molar-refractivity contribution is 0.237. The summed E-state index contributed by atoms with van der Waals surface area (Å²) < 4.78 is 5.39. The lowest BCUT2D eigenvalue weighted by Gasteiger charge is -2.49. The summed E-state index contributed by atoms with van der Waals surface area (Å²) in [5.74, 6) is 2.00. The first-order chi connectivity index (χ1) is 15.9. The van der Waals surface area contributed by atoms with Crippen molar-refractivity contribution in [2.24, 2.45) is 4.99 Å². The Morgan fingerprint density at radius 1 is 0.879 bits per heavy atom. The standard InChI is InChI=1S/C29H33N3O/c1-6-28(3)25-16-12-11-15-24(25)27(31-29(28,4)7-2)32(22-17-19-23(33-5)20-18-22)26(30)21-13-9-8-10-14-21/h8-20,30H,6-7H2,1-5H3/t28?,29-/m1/s1. The molecular formula is C29H33N3O. The van der Waals surface area contributed by atoms with E-state index in [9.17, 15) is 5.41 Å². The van der Waals surface area contributed by atoms with Crippen LogP contribution in [0.25, 0.3) is 0 Å². The maximum absolute atomic E-state index is 9.24. The van der Waals surface area contributed by atoms with Crippen molar-refractivity contribution in [1.29, 1.82) is 5.41 Å². The number of fused-ring (bicyclic) bond motifs is 1. The van der Waals surface area contributed by atoms with E-state index < -0.39 is 0 Å². The molecule has 0 spiro atoms. The van der Waals surface area contributed by atoms with Crippen molar-refractivity contribution >= 4 is 17.4 Å². The number of hydrogen-bond acceptors (Lipinski definition) is 3. The topological polar surface area (TPSA) is 48.7 Å². The molecule has 33 heavy (non-hydrogen) atoms. The van der Waals surface area contributed by atoms with Gasteiger partial charge in [-0.25, -0.2) is 0 Å². The van der Waals surface area contributed by atoms with E-state index >= 15 is 0 Å². The zero-order valence-corrected chi connectivity index (χ0v) is 20.2. The molecule has 1 heterocycles. The van der Waals surface area contributed by atoms with Crippen LogP contribution in [0.3, 0.4) is 0 Å². The summed E-state index contributed by atoms with van der Waals surface area (Å²) in [6, 6.07) is 26.3. The number of methoxy groups -OCH3 is 1. The first kappa shape index (κ1) is 22.8. The number of aliphatic imine (C=N–C) groups is 1. The Morgan fingerprint density at radius 2 is 1.52 bits per heavy atom. The van der Waals surface area contributed by atoms with Crippen molar-refractivity contribution in [1.82, 2.24) is 0 Å². The first-order valence-corrected chi connectivity index (χ1v) is 11.7. The molecule has 0 amide bonds. The van der Waals surface area contributed by atoms with Gasteiger partial charge in [-0.05, 0) is 49.6 Å². The van der Waals surface area contributed by atoms with Crippen LogP contribution in [-0.4, -0.2) is 24.3 Å². The molecule has 2 atom stereocenters. The van der Waals surface area contributed by atoms with E-state index in [1.165, 1.54) is 5.56 Å². The highest BCUT2D eigenvalue weighted by Gasteiger charge is 2.48. The molecule has 4 rings (SSSR count). The molecule has 0 saturated heterocycles.